The van der Waals surface area contributed by atoms with Gasteiger partial charge in [0.05, 0.1) is 36.6 Å². The number of rotatable bonds is 17. The van der Waals surface area contributed by atoms with Gasteiger partial charge in [-0.1, -0.05) is 63.6 Å². The van der Waals surface area contributed by atoms with E-state index in [9.17, 15) is 40.2 Å². The molecule has 0 amide bonds. The molecule has 0 radical (unpaired) electrons. The summed E-state index contributed by atoms with van der Waals surface area (Å²) in [7, 11) is 0. The Balaban J connectivity index is 0.785. The van der Waals surface area contributed by atoms with Crippen LogP contribution in [-0.2, 0) is 47.5 Å². The molecule has 422 valence electrons. The minimum absolute atomic E-state index is 0.104. The molecule has 6 N–H and O–H groups in total. The number of aliphatic hydroxyl groups excluding tert-OH is 6. The molecule has 8 rings (SSSR count). The zero-order chi connectivity index (χ0) is 54.6. The van der Waals surface area contributed by atoms with Gasteiger partial charge in [-0.3, -0.25) is 0 Å². The van der Waals surface area contributed by atoms with Crippen molar-refractivity contribution in [3.63, 3.8) is 0 Å². The van der Waals surface area contributed by atoms with Crippen LogP contribution in [0.4, 0.5) is 0 Å². The molecule has 1 spiro atoms. The van der Waals surface area contributed by atoms with Crippen molar-refractivity contribution >= 4 is 11.9 Å². The highest BCUT2D eigenvalue weighted by Crippen LogP contribution is 2.70. The highest BCUT2D eigenvalue weighted by Gasteiger charge is 2.69. The molecule has 4 saturated heterocycles. The number of allylic oxidation sites excluding steroid dienone is 3. The largest absolute Gasteiger partial charge is 0.459 e. The number of hydrogen-bond acceptors (Lipinski definition) is 16. The summed E-state index contributed by atoms with van der Waals surface area (Å²) in [5.74, 6) is 1.95. The fourth-order valence-electron chi connectivity index (χ4n) is 14.9. The Bertz CT molecular complexity index is 2170. The van der Waals surface area contributed by atoms with E-state index in [1.165, 1.54) is 37.8 Å². The molecular formula is C59H90O16. The van der Waals surface area contributed by atoms with E-state index in [0.717, 1.165) is 45.1 Å². The first-order valence-corrected chi connectivity index (χ1v) is 28.1. The van der Waals surface area contributed by atoms with Crippen LogP contribution in [0.25, 0.3) is 0 Å². The monoisotopic (exact) mass is 1050 g/mol. The molecule has 75 heavy (non-hydrogen) atoms. The topological polar surface area (TPSA) is 229 Å². The Labute approximate surface area is 444 Å². The maximum Gasteiger partial charge on any atom is 0.333 e. The van der Waals surface area contributed by atoms with Gasteiger partial charge < -0.3 is 68.5 Å². The fraction of sp³-hybridized carbons (Fsp3) is 0.797. The molecule has 16 nitrogen and oxygen atoms in total. The van der Waals surface area contributed by atoms with Crippen LogP contribution >= 0.6 is 0 Å². The van der Waals surface area contributed by atoms with Gasteiger partial charge in [-0.25, -0.2) is 9.59 Å². The Hall–Kier alpha value is -2.84. The van der Waals surface area contributed by atoms with Gasteiger partial charge in [0.25, 0.3) is 0 Å². The molecule has 0 bridgehead atoms. The summed E-state index contributed by atoms with van der Waals surface area (Å²) in [6, 6.07) is 0. The van der Waals surface area contributed by atoms with Crippen molar-refractivity contribution in [3.05, 3.63) is 60.3 Å². The number of hydrogen-bond donors (Lipinski definition) is 6. The smallest absolute Gasteiger partial charge is 0.333 e. The quantitative estimate of drug-likeness (QED) is 0.0499. The number of esters is 2. The molecule has 4 aliphatic carbocycles. The second-order valence-corrected chi connectivity index (χ2v) is 24.9. The van der Waals surface area contributed by atoms with Crippen molar-refractivity contribution in [2.45, 2.75) is 236 Å². The standard InChI is InChI=1S/C59H90O16/c1-12-55(8,74-53-49(65)47(63)50(36(7)69-53)72-52(67)34(5)17-15-24-56(9,13-2)75-54-48(64)46(62)45(61)43(30-60)71-54)23-14-16-33(4)51(66)70-38-21-25-57(10)37(28-38)18-19-39-40(57)22-26-58(11)41(39)29-42-44(58)35(6)59(73-42)27-20-32(3)31-68-59/h12-13,16-18,32,35-36,38-50,53-54,60-65H,1-2,14-15,19-31H2,3-11H3/b33-16+,34-17+/t32-,35+,36-,38+,39-,40+,41+,42+,43-,44+,45-,46+,47-,48-,49-,50-,53+,54+,55+,56+,57+,58+,59-/m1/s1. The van der Waals surface area contributed by atoms with Crippen molar-refractivity contribution in [1.82, 2.24) is 0 Å². The average molecular weight is 1060 g/mol. The lowest BCUT2D eigenvalue weighted by Crippen LogP contribution is -2.60. The molecule has 16 heteroatoms. The third kappa shape index (κ3) is 11.4. The van der Waals surface area contributed by atoms with Gasteiger partial charge in [-0.05, 0) is 146 Å². The van der Waals surface area contributed by atoms with Crippen LogP contribution in [0.2, 0.25) is 0 Å². The second kappa shape index (κ2) is 22.7. The normalized spacial score (nSPS) is 45.5. The molecule has 8 aliphatic rings. The molecule has 0 unspecified atom stereocenters. The number of aliphatic hydroxyl groups is 6. The van der Waals surface area contributed by atoms with Crippen LogP contribution in [0.1, 0.15) is 146 Å². The minimum Gasteiger partial charge on any atom is -0.459 e. The Morgan fingerprint density at radius 2 is 1.40 bits per heavy atom. The lowest BCUT2D eigenvalue weighted by atomic mass is 9.47. The SMILES string of the molecule is C=C[C@@](C)(CC/C=C(\C)C(=O)O[C@H]1[C@H](O)[C@@H](O)[C@H](O[C@@](C)(C=C)CC/C=C(\C)C(=O)O[C@H]2CC[C@@]3(C)C(=CC[C@H]4[C@@H]5C[C@@H]6O[C@]7(CC[C@@H](C)CO7)[C@@H](C)[C@@H]6[C@@]5(C)CC[C@@H]43)C2)O[C@@H]1C)O[C@@H]1O[C@H](CO)[C@@H](O)[C@H](O)[C@H]1O. The molecule has 23 atom stereocenters. The van der Waals surface area contributed by atoms with E-state index in [1.54, 1.807) is 39.8 Å². The predicted octanol–water partition coefficient (Wildman–Crippen LogP) is 6.82. The van der Waals surface area contributed by atoms with E-state index in [0.29, 0.717) is 53.9 Å². The van der Waals surface area contributed by atoms with Crippen LogP contribution < -0.4 is 0 Å². The predicted molar refractivity (Wildman–Crippen MR) is 277 cm³/mol. The Kier molecular flexibility index (Phi) is 17.7. The van der Waals surface area contributed by atoms with Gasteiger partial charge in [0.15, 0.2) is 24.5 Å². The highest BCUT2D eigenvalue weighted by atomic mass is 16.7. The van der Waals surface area contributed by atoms with Crippen molar-refractivity contribution in [2.24, 2.45) is 46.3 Å². The van der Waals surface area contributed by atoms with E-state index < -0.39 is 91.0 Å². The first kappa shape index (κ1) is 58.3. The highest BCUT2D eigenvalue weighted by molar-refractivity contribution is 5.88. The third-order valence-electron chi connectivity index (χ3n) is 19.9. The number of ether oxygens (including phenoxy) is 8. The van der Waals surface area contributed by atoms with E-state index >= 15 is 0 Å². The van der Waals surface area contributed by atoms with Crippen LogP contribution in [0.15, 0.2) is 60.3 Å². The van der Waals surface area contributed by atoms with Crippen LogP contribution in [-0.4, -0.2) is 146 Å². The van der Waals surface area contributed by atoms with Crippen LogP contribution in [0.3, 0.4) is 0 Å². The summed E-state index contributed by atoms with van der Waals surface area (Å²) in [4.78, 5) is 26.8. The first-order valence-electron chi connectivity index (χ1n) is 28.1. The summed E-state index contributed by atoms with van der Waals surface area (Å²) in [6.07, 6.45) is 6.08. The molecule has 0 aromatic heterocycles. The number of fused-ring (bicyclic) bond motifs is 7. The van der Waals surface area contributed by atoms with Gasteiger partial charge in [-0.2, -0.15) is 0 Å². The van der Waals surface area contributed by atoms with E-state index in [-0.39, 0.29) is 47.4 Å². The second-order valence-electron chi connectivity index (χ2n) is 24.9. The van der Waals surface area contributed by atoms with Gasteiger partial charge in [0.2, 0.25) is 0 Å². The summed E-state index contributed by atoms with van der Waals surface area (Å²) < 4.78 is 49.1. The van der Waals surface area contributed by atoms with Crippen LogP contribution in [0.5, 0.6) is 0 Å². The summed E-state index contributed by atoms with van der Waals surface area (Å²) >= 11 is 0. The maximum atomic E-state index is 13.6. The summed E-state index contributed by atoms with van der Waals surface area (Å²) in [5.41, 5.74) is 0.364. The van der Waals surface area contributed by atoms with E-state index in [1.807, 2.05) is 6.08 Å². The zero-order valence-electron chi connectivity index (χ0n) is 46.1. The lowest BCUT2D eigenvalue weighted by Gasteiger charge is -2.58. The first-order chi connectivity index (χ1) is 35.3. The molecular weight excluding hydrogens is 965 g/mol. The third-order valence-corrected chi connectivity index (χ3v) is 19.9. The van der Waals surface area contributed by atoms with E-state index in [2.05, 4.69) is 46.9 Å². The molecule has 7 fully saturated rings. The summed E-state index contributed by atoms with van der Waals surface area (Å²) in [5, 5.41) is 62.7. The number of carbonyl (C=O) groups is 2. The van der Waals surface area contributed by atoms with E-state index in [4.69, 9.17) is 37.9 Å². The van der Waals surface area contributed by atoms with Gasteiger partial charge in [-0.15, -0.1) is 13.2 Å². The Morgan fingerprint density at radius 1 is 0.787 bits per heavy atom. The molecule has 4 heterocycles. The molecule has 0 aromatic carbocycles. The molecule has 0 aromatic rings. The van der Waals surface area contributed by atoms with Crippen LogP contribution in [0, 0.1) is 46.3 Å². The lowest BCUT2D eigenvalue weighted by molar-refractivity contribution is -0.319. The van der Waals surface area contributed by atoms with Crippen molar-refractivity contribution in [3.8, 4) is 0 Å². The maximum absolute atomic E-state index is 13.6. The number of carbonyl (C=O) groups excluding carboxylic acids is 2. The minimum atomic E-state index is -1.61. The summed E-state index contributed by atoms with van der Waals surface area (Å²) in [6.45, 7) is 26.1. The zero-order valence-corrected chi connectivity index (χ0v) is 46.1. The van der Waals surface area contributed by atoms with Crippen molar-refractivity contribution in [2.75, 3.05) is 13.2 Å². The fourth-order valence-corrected chi connectivity index (χ4v) is 14.9. The van der Waals surface area contributed by atoms with Gasteiger partial charge in [0, 0.05) is 29.9 Å². The molecule has 4 aliphatic heterocycles. The van der Waals surface area contributed by atoms with Gasteiger partial charge >= 0.3 is 11.9 Å². The van der Waals surface area contributed by atoms with Crippen molar-refractivity contribution in [1.29, 1.82) is 0 Å². The van der Waals surface area contributed by atoms with Gasteiger partial charge in [0.1, 0.15) is 42.7 Å². The van der Waals surface area contributed by atoms with Crippen molar-refractivity contribution < 1.29 is 78.1 Å². The molecule has 3 saturated carbocycles. The average Bonchev–Trinajstić information content (AvgIpc) is 3.83. The Morgan fingerprint density at radius 3 is 2.00 bits per heavy atom.